The molecule has 0 spiro atoms. The van der Waals surface area contributed by atoms with Gasteiger partial charge in [0, 0.05) is 0 Å². The molecular formula is C12H15ClO2. The number of ether oxygens (including phenoxy) is 1. The fourth-order valence-corrected chi connectivity index (χ4v) is 1.47. The number of alkyl halides is 1. The van der Waals surface area contributed by atoms with Crippen molar-refractivity contribution < 1.29 is 9.53 Å². The highest BCUT2D eigenvalue weighted by atomic mass is 35.5. The number of benzene rings is 1. The van der Waals surface area contributed by atoms with Gasteiger partial charge in [-0.2, -0.15) is 0 Å². The van der Waals surface area contributed by atoms with Crippen molar-refractivity contribution in [2.75, 3.05) is 6.61 Å². The number of hydrogen-bond acceptors (Lipinski definition) is 2. The number of hydrogen-bond donors (Lipinski definition) is 0. The monoisotopic (exact) mass is 226 g/mol. The number of halogens is 1. The topological polar surface area (TPSA) is 26.3 Å². The van der Waals surface area contributed by atoms with Crippen LogP contribution >= 0.6 is 11.6 Å². The Hall–Kier alpha value is -1.02. The van der Waals surface area contributed by atoms with Gasteiger partial charge in [0.2, 0.25) is 0 Å². The minimum absolute atomic E-state index is 0.0111. The van der Waals surface area contributed by atoms with E-state index < -0.39 is 5.38 Å². The van der Waals surface area contributed by atoms with Crippen molar-refractivity contribution in [1.29, 1.82) is 0 Å². The van der Waals surface area contributed by atoms with Crippen LogP contribution < -0.4 is 4.74 Å². The number of carbonyl (C=O) groups excluding carboxylic acids is 1. The van der Waals surface area contributed by atoms with E-state index in [4.69, 9.17) is 16.3 Å². The second-order valence-electron chi connectivity index (χ2n) is 3.32. The van der Waals surface area contributed by atoms with Crippen LogP contribution in [-0.4, -0.2) is 17.8 Å². The summed E-state index contributed by atoms with van der Waals surface area (Å²) in [6.45, 7) is 4.05. The SMILES string of the molecule is CCOc1ccccc1CC(Cl)C(C)=O. The largest absolute Gasteiger partial charge is 0.494 e. The molecule has 0 heterocycles. The summed E-state index contributed by atoms with van der Waals surface area (Å²) < 4.78 is 5.45. The summed E-state index contributed by atoms with van der Waals surface area (Å²) in [5.41, 5.74) is 0.981. The maximum Gasteiger partial charge on any atom is 0.147 e. The maximum atomic E-state index is 11.0. The Labute approximate surface area is 95.2 Å². The lowest BCUT2D eigenvalue weighted by atomic mass is 10.1. The van der Waals surface area contributed by atoms with Gasteiger partial charge < -0.3 is 4.74 Å². The van der Waals surface area contributed by atoms with Crippen LogP contribution in [0.25, 0.3) is 0 Å². The van der Waals surface area contributed by atoms with Crippen molar-refractivity contribution in [1.82, 2.24) is 0 Å². The maximum absolute atomic E-state index is 11.0. The molecule has 3 heteroatoms. The molecule has 1 rings (SSSR count). The first-order valence-corrected chi connectivity index (χ1v) is 5.44. The van der Waals surface area contributed by atoms with E-state index in [2.05, 4.69) is 0 Å². The Morgan fingerprint density at radius 3 is 2.73 bits per heavy atom. The standard InChI is InChI=1S/C12H15ClO2/c1-3-15-12-7-5-4-6-10(12)8-11(13)9(2)14/h4-7,11H,3,8H2,1-2H3. The summed E-state index contributed by atoms with van der Waals surface area (Å²) in [6.07, 6.45) is 0.521. The van der Waals surface area contributed by atoms with Crippen molar-refractivity contribution in [3.63, 3.8) is 0 Å². The Balaban J connectivity index is 2.79. The van der Waals surface area contributed by atoms with Crippen LogP contribution in [0, 0.1) is 0 Å². The molecular weight excluding hydrogens is 212 g/mol. The van der Waals surface area contributed by atoms with Gasteiger partial charge in [0.1, 0.15) is 11.5 Å². The Bertz CT molecular complexity index is 336. The molecule has 1 aromatic rings. The predicted molar refractivity (Wildman–Crippen MR) is 61.6 cm³/mol. The lowest BCUT2D eigenvalue weighted by molar-refractivity contribution is -0.116. The second kappa shape index (κ2) is 5.76. The van der Waals surface area contributed by atoms with Crippen molar-refractivity contribution in [3.05, 3.63) is 29.8 Å². The molecule has 2 nitrogen and oxygen atoms in total. The van der Waals surface area contributed by atoms with Gasteiger partial charge in [0.15, 0.2) is 0 Å². The van der Waals surface area contributed by atoms with Gasteiger partial charge in [0.05, 0.1) is 12.0 Å². The lowest BCUT2D eigenvalue weighted by Crippen LogP contribution is -2.14. The lowest BCUT2D eigenvalue weighted by Gasteiger charge is -2.11. The van der Waals surface area contributed by atoms with E-state index in [-0.39, 0.29) is 5.78 Å². The average Bonchev–Trinajstić information content (AvgIpc) is 2.21. The summed E-state index contributed by atoms with van der Waals surface area (Å²) in [6, 6.07) is 7.65. The fourth-order valence-electron chi connectivity index (χ4n) is 1.31. The molecule has 15 heavy (non-hydrogen) atoms. The number of rotatable bonds is 5. The highest BCUT2D eigenvalue weighted by Crippen LogP contribution is 2.21. The van der Waals surface area contributed by atoms with Gasteiger partial charge >= 0.3 is 0 Å². The van der Waals surface area contributed by atoms with E-state index in [1.165, 1.54) is 6.92 Å². The van der Waals surface area contributed by atoms with E-state index in [0.29, 0.717) is 13.0 Å². The van der Waals surface area contributed by atoms with Gasteiger partial charge in [-0.25, -0.2) is 0 Å². The van der Waals surface area contributed by atoms with Gasteiger partial charge in [0.25, 0.3) is 0 Å². The molecule has 1 unspecified atom stereocenters. The third-order valence-corrected chi connectivity index (χ3v) is 2.57. The minimum Gasteiger partial charge on any atom is -0.494 e. The van der Waals surface area contributed by atoms with Crippen LogP contribution in [0.3, 0.4) is 0 Å². The second-order valence-corrected chi connectivity index (χ2v) is 3.85. The number of ketones is 1. The summed E-state index contributed by atoms with van der Waals surface area (Å²) in [5, 5.41) is -0.466. The molecule has 0 aliphatic rings. The molecule has 0 radical (unpaired) electrons. The van der Waals surface area contributed by atoms with Crippen molar-refractivity contribution in [3.8, 4) is 5.75 Å². The fraction of sp³-hybridized carbons (Fsp3) is 0.417. The van der Waals surface area contributed by atoms with Crippen molar-refractivity contribution >= 4 is 17.4 Å². The first kappa shape index (κ1) is 12.1. The number of carbonyl (C=O) groups is 1. The molecule has 0 aliphatic carbocycles. The van der Waals surface area contributed by atoms with E-state index >= 15 is 0 Å². The number of Topliss-reactive ketones (excluding diaryl/α,β-unsaturated/α-hetero) is 1. The van der Waals surface area contributed by atoms with Crippen molar-refractivity contribution in [2.45, 2.75) is 25.6 Å². The van der Waals surface area contributed by atoms with Gasteiger partial charge in [-0.05, 0) is 31.9 Å². The zero-order chi connectivity index (χ0) is 11.3. The molecule has 0 aliphatic heterocycles. The van der Waals surface area contributed by atoms with Crippen LogP contribution in [0.2, 0.25) is 0 Å². The van der Waals surface area contributed by atoms with Crippen LogP contribution in [0.4, 0.5) is 0 Å². The average molecular weight is 227 g/mol. The Morgan fingerprint density at radius 2 is 2.13 bits per heavy atom. The summed E-state index contributed by atoms with van der Waals surface area (Å²) in [7, 11) is 0. The van der Waals surface area contributed by atoms with Crippen LogP contribution in [-0.2, 0) is 11.2 Å². The van der Waals surface area contributed by atoms with Crippen molar-refractivity contribution in [2.24, 2.45) is 0 Å². The third kappa shape index (κ3) is 3.56. The predicted octanol–water partition coefficient (Wildman–Crippen LogP) is 2.82. The third-order valence-electron chi connectivity index (χ3n) is 2.11. The molecule has 0 bridgehead atoms. The summed E-state index contributed by atoms with van der Waals surface area (Å²) in [4.78, 5) is 11.0. The normalized spacial score (nSPS) is 12.2. The van der Waals surface area contributed by atoms with E-state index in [9.17, 15) is 4.79 Å². The van der Waals surface area contributed by atoms with Gasteiger partial charge in [-0.3, -0.25) is 4.79 Å². The molecule has 0 amide bonds. The zero-order valence-corrected chi connectivity index (χ0v) is 9.75. The van der Waals surface area contributed by atoms with E-state index in [1.807, 2.05) is 31.2 Å². The number of para-hydroxylation sites is 1. The first-order valence-electron chi connectivity index (χ1n) is 5.00. The molecule has 0 aromatic heterocycles. The molecule has 0 fully saturated rings. The molecule has 0 saturated heterocycles. The molecule has 82 valence electrons. The molecule has 0 N–H and O–H groups in total. The molecule has 1 aromatic carbocycles. The quantitative estimate of drug-likeness (QED) is 0.722. The summed E-state index contributed by atoms with van der Waals surface area (Å²) in [5.74, 6) is 0.801. The minimum atomic E-state index is -0.466. The summed E-state index contributed by atoms with van der Waals surface area (Å²) >= 11 is 5.92. The van der Waals surface area contributed by atoms with E-state index in [0.717, 1.165) is 11.3 Å². The molecule has 0 saturated carbocycles. The van der Waals surface area contributed by atoms with Crippen LogP contribution in [0.1, 0.15) is 19.4 Å². The van der Waals surface area contributed by atoms with Gasteiger partial charge in [-0.1, -0.05) is 18.2 Å². The Kier molecular flexibility index (Phi) is 4.63. The first-order chi connectivity index (χ1) is 7.15. The van der Waals surface area contributed by atoms with E-state index in [1.54, 1.807) is 0 Å². The van der Waals surface area contributed by atoms with Crippen LogP contribution in [0.5, 0.6) is 5.75 Å². The highest BCUT2D eigenvalue weighted by molar-refractivity contribution is 6.30. The van der Waals surface area contributed by atoms with Crippen LogP contribution in [0.15, 0.2) is 24.3 Å². The molecule has 1 atom stereocenters. The van der Waals surface area contributed by atoms with Gasteiger partial charge in [-0.15, -0.1) is 11.6 Å². The highest BCUT2D eigenvalue weighted by Gasteiger charge is 2.13. The Morgan fingerprint density at radius 1 is 1.47 bits per heavy atom. The smallest absolute Gasteiger partial charge is 0.147 e. The zero-order valence-electron chi connectivity index (χ0n) is 9.00.